The Hall–Kier alpha value is -2.04. The molecule has 2 heterocycles. The summed E-state index contributed by atoms with van der Waals surface area (Å²) >= 11 is 1.64. The third-order valence-electron chi connectivity index (χ3n) is 2.90. The number of aromatic nitrogens is 2. The van der Waals surface area contributed by atoms with E-state index in [2.05, 4.69) is 27.5 Å². The molecule has 0 atom stereocenters. The highest BCUT2D eigenvalue weighted by atomic mass is 32.1. The van der Waals surface area contributed by atoms with Gasteiger partial charge in [-0.15, -0.1) is 11.3 Å². The van der Waals surface area contributed by atoms with E-state index in [1.54, 1.807) is 17.5 Å². The number of hydrogen-bond acceptors (Lipinski definition) is 4. The first-order chi connectivity index (χ1) is 9.36. The molecule has 2 aromatic heterocycles. The molecule has 0 unspecified atom stereocenters. The second-order valence-corrected chi connectivity index (χ2v) is 5.04. The highest BCUT2D eigenvalue weighted by Crippen LogP contribution is 2.28. The van der Waals surface area contributed by atoms with Crippen LogP contribution in [0, 0.1) is 0 Å². The van der Waals surface area contributed by atoms with E-state index in [0.717, 1.165) is 27.4 Å². The summed E-state index contributed by atoms with van der Waals surface area (Å²) in [6.45, 7) is 0.569. The average Bonchev–Trinajstić information content (AvgIpc) is 2.98. The Morgan fingerprint density at radius 1 is 1.05 bits per heavy atom. The molecular weight excluding hydrogens is 254 g/mol. The minimum absolute atomic E-state index is 0.569. The van der Waals surface area contributed by atoms with Crippen LogP contribution in [-0.2, 0) is 6.54 Å². The van der Waals surface area contributed by atoms with E-state index in [9.17, 15) is 0 Å². The molecule has 0 spiro atoms. The maximum atomic E-state index is 5.60. The maximum absolute atomic E-state index is 5.60. The monoisotopic (exact) mass is 267 g/mol. The maximum Gasteiger partial charge on any atom is 0.124 e. The van der Waals surface area contributed by atoms with E-state index in [1.807, 2.05) is 30.5 Å². The second-order valence-electron chi connectivity index (χ2n) is 4.18. The van der Waals surface area contributed by atoms with E-state index < -0.39 is 0 Å². The third-order valence-corrected chi connectivity index (χ3v) is 3.79. The van der Waals surface area contributed by atoms with Crippen LogP contribution in [0.3, 0.4) is 0 Å². The van der Waals surface area contributed by atoms with Gasteiger partial charge in [-0.25, -0.2) is 4.98 Å². The number of nitrogens with zero attached hydrogens (tertiary/aromatic N) is 2. The lowest BCUT2D eigenvalue weighted by atomic mass is 10.1. The standard InChI is InChI=1S/C15H13N3S/c16-8-11-3-5-12(6-4-11)15-18-14(10-19-15)13-2-1-7-17-9-13/h1-7,9-10H,8,16H2. The third kappa shape index (κ3) is 2.54. The first kappa shape index (κ1) is 12.0. The molecule has 0 radical (unpaired) electrons. The molecule has 0 aliphatic rings. The molecule has 4 heteroatoms. The summed E-state index contributed by atoms with van der Waals surface area (Å²) in [5, 5.41) is 3.07. The number of pyridine rings is 1. The van der Waals surface area contributed by atoms with Crippen LogP contribution in [0.15, 0.2) is 54.2 Å². The lowest BCUT2D eigenvalue weighted by molar-refractivity contribution is 1.07. The number of thiazole rings is 1. The van der Waals surface area contributed by atoms with Crippen LogP contribution < -0.4 is 5.73 Å². The van der Waals surface area contributed by atoms with Crippen molar-refractivity contribution in [2.24, 2.45) is 5.73 Å². The Balaban J connectivity index is 1.92. The number of benzene rings is 1. The van der Waals surface area contributed by atoms with Crippen molar-refractivity contribution in [1.29, 1.82) is 0 Å². The van der Waals surface area contributed by atoms with Crippen molar-refractivity contribution in [3.05, 3.63) is 59.7 Å². The van der Waals surface area contributed by atoms with Crippen molar-refractivity contribution in [2.75, 3.05) is 0 Å². The molecule has 0 saturated carbocycles. The Morgan fingerprint density at radius 3 is 2.58 bits per heavy atom. The first-order valence-corrected chi connectivity index (χ1v) is 6.90. The van der Waals surface area contributed by atoms with Gasteiger partial charge in [0.05, 0.1) is 5.69 Å². The van der Waals surface area contributed by atoms with Gasteiger partial charge in [0.2, 0.25) is 0 Å². The van der Waals surface area contributed by atoms with Gasteiger partial charge in [-0.1, -0.05) is 24.3 Å². The summed E-state index contributed by atoms with van der Waals surface area (Å²) < 4.78 is 0. The van der Waals surface area contributed by atoms with Gasteiger partial charge in [0.1, 0.15) is 5.01 Å². The minimum atomic E-state index is 0.569. The highest BCUT2D eigenvalue weighted by molar-refractivity contribution is 7.13. The number of hydrogen-bond donors (Lipinski definition) is 1. The van der Waals surface area contributed by atoms with Crippen molar-refractivity contribution in [3.63, 3.8) is 0 Å². The van der Waals surface area contributed by atoms with Gasteiger partial charge in [0.25, 0.3) is 0 Å². The topological polar surface area (TPSA) is 51.8 Å². The Morgan fingerprint density at radius 2 is 1.89 bits per heavy atom. The van der Waals surface area contributed by atoms with E-state index in [-0.39, 0.29) is 0 Å². The van der Waals surface area contributed by atoms with Gasteiger partial charge < -0.3 is 5.73 Å². The first-order valence-electron chi connectivity index (χ1n) is 6.02. The largest absolute Gasteiger partial charge is 0.326 e. The van der Waals surface area contributed by atoms with E-state index in [4.69, 9.17) is 5.73 Å². The lowest BCUT2D eigenvalue weighted by Gasteiger charge is -1.99. The Bertz CT molecular complexity index is 659. The molecule has 0 bridgehead atoms. The zero-order valence-corrected chi connectivity index (χ0v) is 11.1. The van der Waals surface area contributed by atoms with Gasteiger partial charge in [0, 0.05) is 35.4 Å². The molecule has 94 valence electrons. The molecule has 1 aromatic carbocycles. The van der Waals surface area contributed by atoms with Crippen LogP contribution in [0.5, 0.6) is 0 Å². The highest BCUT2D eigenvalue weighted by Gasteiger charge is 2.06. The molecule has 19 heavy (non-hydrogen) atoms. The van der Waals surface area contributed by atoms with Gasteiger partial charge in [-0.2, -0.15) is 0 Å². The van der Waals surface area contributed by atoms with Crippen molar-refractivity contribution in [1.82, 2.24) is 9.97 Å². The smallest absolute Gasteiger partial charge is 0.124 e. The molecule has 0 aliphatic carbocycles. The zero-order chi connectivity index (χ0) is 13.1. The van der Waals surface area contributed by atoms with Crippen LogP contribution in [0.4, 0.5) is 0 Å². The van der Waals surface area contributed by atoms with E-state index in [0.29, 0.717) is 6.54 Å². The van der Waals surface area contributed by atoms with Gasteiger partial charge in [-0.3, -0.25) is 4.98 Å². The predicted molar refractivity (Wildman–Crippen MR) is 78.7 cm³/mol. The number of nitrogens with two attached hydrogens (primary N) is 1. The van der Waals surface area contributed by atoms with E-state index >= 15 is 0 Å². The predicted octanol–water partition coefficient (Wildman–Crippen LogP) is 3.33. The Labute approximate surface area is 115 Å². The Kier molecular flexibility index (Phi) is 3.35. The summed E-state index contributed by atoms with van der Waals surface area (Å²) in [4.78, 5) is 8.77. The number of rotatable bonds is 3. The summed E-state index contributed by atoms with van der Waals surface area (Å²) in [5.41, 5.74) is 9.87. The zero-order valence-electron chi connectivity index (χ0n) is 10.3. The lowest BCUT2D eigenvalue weighted by Crippen LogP contribution is -1.95. The van der Waals surface area contributed by atoms with Crippen LogP contribution >= 0.6 is 11.3 Å². The fraction of sp³-hybridized carbons (Fsp3) is 0.0667. The normalized spacial score (nSPS) is 10.6. The summed E-state index contributed by atoms with van der Waals surface area (Å²) in [6.07, 6.45) is 3.60. The molecule has 3 aromatic rings. The minimum Gasteiger partial charge on any atom is -0.326 e. The molecule has 0 saturated heterocycles. The van der Waals surface area contributed by atoms with Gasteiger partial charge >= 0.3 is 0 Å². The molecule has 0 aliphatic heterocycles. The van der Waals surface area contributed by atoms with Crippen LogP contribution in [0.1, 0.15) is 5.56 Å². The van der Waals surface area contributed by atoms with Gasteiger partial charge in [-0.05, 0) is 17.7 Å². The van der Waals surface area contributed by atoms with Crippen molar-refractivity contribution in [3.8, 4) is 21.8 Å². The van der Waals surface area contributed by atoms with Crippen molar-refractivity contribution < 1.29 is 0 Å². The quantitative estimate of drug-likeness (QED) is 0.792. The molecule has 3 nitrogen and oxygen atoms in total. The second kappa shape index (κ2) is 5.30. The fourth-order valence-corrected chi connectivity index (χ4v) is 2.67. The fourth-order valence-electron chi connectivity index (χ4n) is 1.84. The van der Waals surface area contributed by atoms with Gasteiger partial charge in [0.15, 0.2) is 0 Å². The summed E-state index contributed by atoms with van der Waals surface area (Å²) in [7, 11) is 0. The summed E-state index contributed by atoms with van der Waals surface area (Å²) in [6, 6.07) is 12.1. The van der Waals surface area contributed by atoms with Crippen molar-refractivity contribution in [2.45, 2.75) is 6.54 Å². The molecule has 2 N–H and O–H groups in total. The van der Waals surface area contributed by atoms with Crippen LogP contribution in [-0.4, -0.2) is 9.97 Å². The average molecular weight is 267 g/mol. The van der Waals surface area contributed by atoms with Crippen LogP contribution in [0.2, 0.25) is 0 Å². The summed E-state index contributed by atoms with van der Waals surface area (Å²) in [5.74, 6) is 0. The van der Waals surface area contributed by atoms with Crippen LogP contribution in [0.25, 0.3) is 21.8 Å². The molecular formula is C15H13N3S. The molecule has 3 rings (SSSR count). The molecule has 0 amide bonds. The van der Waals surface area contributed by atoms with E-state index in [1.165, 1.54) is 0 Å². The molecule has 0 fully saturated rings. The van der Waals surface area contributed by atoms with Crippen molar-refractivity contribution >= 4 is 11.3 Å². The SMILES string of the molecule is NCc1ccc(-c2nc(-c3cccnc3)cs2)cc1.